The summed E-state index contributed by atoms with van der Waals surface area (Å²) in [6, 6.07) is 14.2. The number of nitriles is 1. The Hall–Kier alpha value is -1.86. The Morgan fingerprint density at radius 1 is 1.26 bits per heavy atom. The van der Waals surface area contributed by atoms with Gasteiger partial charge in [-0.05, 0) is 35.9 Å². The molecule has 2 rings (SSSR count). The first-order chi connectivity index (χ1) is 9.10. The number of halogens is 2. The van der Waals surface area contributed by atoms with Crippen molar-refractivity contribution in [3.05, 3.63) is 63.9 Å². The molecule has 0 aliphatic rings. The first-order valence-corrected chi connectivity index (χ1v) is 6.54. The SMILES string of the molecule is CN(Cc1cccc(F)c1)c1ccc(Br)cc1C#N. The minimum atomic E-state index is -0.248. The Labute approximate surface area is 120 Å². The van der Waals surface area contributed by atoms with Gasteiger partial charge in [0.05, 0.1) is 11.3 Å². The zero-order valence-electron chi connectivity index (χ0n) is 10.4. The fourth-order valence-electron chi connectivity index (χ4n) is 1.93. The molecule has 0 saturated heterocycles. The van der Waals surface area contributed by atoms with Crippen LogP contribution in [0, 0.1) is 17.1 Å². The van der Waals surface area contributed by atoms with Crippen LogP contribution in [-0.4, -0.2) is 7.05 Å². The van der Waals surface area contributed by atoms with E-state index in [2.05, 4.69) is 22.0 Å². The fourth-order valence-corrected chi connectivity index (χ4v) is 2.29. The zero-order chi connectivity index (χ0) is 13.8. The molecule has 96 valence electrons. The molecule has 4 heteroatoms. The van der Waals surface area contributed by atoms with Crippen LogP contribution in [0.25, 0.3) is 0 Å². The molecule has 0 aromatic heterocycles. The average Bonchev–Trinajstić information content (AvgIpc) is 2.38. The van der Waals surface area contributed by atoms with E-state index in [0.717, 1.165) is 15.7 Å². The predicted octanol–water partition coefficient (Wildman–Crippen LogP) is 4.10. The molecule has 0 atom stereocenters. The lowest BCUT2D eigenvalue weighted by Crippen LogP contribution is -2.17. The summed E-state index contributed by atoms with van der Waals surface area (Å²) >= 11 is 3.34. The summed E-state index contributed by atoms with van der Waals surface area (Å²) in [6.07, 6.45) is 0. The first-order valence-electron chi connectivity index (χ1n) is 5.75. The number of nitrogens with zero attached hydrogens (tertiary/aromatic N) is 2. The minimum absolute atomic E-state index is 0.248. The van der Waals surface area contributed by atoms with Crippen LogP contribution in [0.5, 0.6) is 0 Å². The van der Waals surface area contributed by atoms with Gasteiger partial charge in [-0.15, -0.1) is 0 Å². The minimum Gasteiger partial charge on any atom is -0.369 e. The van der Waals surface area contributed by atoms with E-state index in [-0.39, 0.29) is 5.82 Å². The van der Waals surface area contributed by atoms with E-state index in [4.69, 9.17) is 5.26 Å². The molecule has 0 N–H and O–H groups in total. The average molecular weight is 319 g/mol. The van der Waals surface area contributed by atoms with E-state index >= 15 is 0 Å². The number of anilines is 1. The van der Waals surface area contributed by atoms with E-state index in [1.165, 1.54) is 12.1 Å². The van der Waals surface area contributed by atoms with Gasteiger partial charge in [0.15, 0.2) is 0 Å². The van der Waals surface area contributed by atoms with E-state index < -0.39 is 0 Å². The Morgan fingerprint density at radius 2 is 2.05 bits per heavy atom. The third-order valence-corrected chi connectivity index (χ3v) is 3.29. The first kappa shape index (κ1) is 13.6. The van der Waals surface area contributed by atoms with Crippen molar-refractivity contribution in [3.8, 4) is 6.07 Å². The van der Waals surface area contributed by atoms with Crippen LogP contribution in [0.2, 0.25) is 0 Å². The van der Waals surface area contributed by atoms with Crippen molar-refractivity contribution in [1.29, 1.82) is 5.26 Å². The smallest absolute Gasteiger partial charge is 0.123 e. The quantitative estimate of drug-likeness (QED) is 0.852. The summed E-state index contributed by atoms with van der Waals surface area (Å²) in [5, 5.41) is 9.14. The van der Waals surface area contributed by atoms with Gasteiger partial charge in [0.1, 0.15) is 11.9 Å². The van der Waals surface area contributed by atoms with E-state index in [0.29, 0.717) is 12.1 Å². The second-order valence-electron chi connectivity index (χ2n) is 4.26. The number of benzene rings is 2. The molecule has 0 spiro atoms. The van der Waals surface area contributed by atoms with Crippen molar-refractivity contribution < 1.29 is 4.39 Å². The molecule has 0 aliphatic heterocycles. The van der Waals surface area contributed by atoms with Crippen LogP contribution in [-0.2, 0) is 6.54 Å². The highest BCUT2D eigenvalue weighted by atomic mass is 79.9. The van der Waals surface area contributed by atoms with E-state index in [9.17, 15) is 4.39 Å². The molecule has 0 saturated carbocycles. The maximum atomic E-state index is 13.1. The Bertz CT molecular complexity index is 634. The van der Waals surface area contributed by atoms with Crippen molar-refractivity contribution in [2.75, 3.05) is 11.9 Å². The molecule has 19 heavy (non-hydrogen) atoms. The van der Waals surface area contributed by atoms with Gasteiger partial charge in [0, 0.05) is 18.1 Å². The molecule has 0 unspecified atom stereocenters. The van der Waals surface area contributed by atoms with Crippen LogP contribution in [0.1, 0.15) is 11.1 Å². The fraction of sp³-hybridized carbons (Fsp3) is 0.133. The molecule has 0 radical (unpaired) electrons. The monoisotopic (exact) mass is 318 g/mol. The molecule has 0 amide bonds. The van der Waals surface area contributed by atoms with Crippen molar-refractivity contribution in [1.82, 2.24) is 0 Å². The van der Waals surface area contributed by atoms with Gasteiger partial charge in [-0.2, -0.15) is 5.26 Å². The zero-order valence-corrected chi connectivity index (χ0v) is 12.0. The largest absolute Gasteiger partial charge is 0.369 e. The van der Waals surface area contributed by atoms with Gasteiger partial charge in [0.2, 0.25) is 0 Å². The summed E-state index contributed by atoms with van der Waals surface area (Å²) < 4.78 is 14.0. The van der Waals surface area contributed by atoms with Gasteiger partial charge >= 0.3 is 0 Å². The van der Waals surface area contributed by atoms with Crippen molar-refractivity contribution in [3.63, 3.8) is 0 Å². The van der Waals surface area contributed by atoms with Crippen molar-refractivity contribution >= 4 is 21.6 Å². The third kappa shape index (κ3) is 3.33. The number of rotatable bonds is 3. The number of hydrogen-bond donors (Lipinski definition) is 0. The van der Waals surface area contributed by atoms with Crippen LogP contribution in [0.4, 0.5) is 10.1 Å². The summed E-state index contributed by atoms with van der Waals surface area (Å²) in [7, 11) is 1.88. The Balaban J connectivity index is 2.25. The highest BCUT2D eigenvalue weighted by molar-refractivity contribution is 9.10. The van der Waals surface area contributed by atoms with Crippen molar-refractivity contribution in [2.24, 2.45) is 0 Å². The van der Waals surface area contributed by atoms with Crippen LogP contribution < -0.4 is 4.90 Å². The summed E-state index contributed by atoms with van der Waals surface area (Å²) in [5.74, 6) is -0.248. The van der Waals surface area contributed by atoms with E-state index in [1.54, 1.807) is 12.1 Å². The van der Waals surface area contributed by atoms with Crippen LogP contribution >= 0.6 is 15.9 Å². The molecular formula is C15H12BrFN2. The second-order valence-corrected chi connectivity index (χ2v) is 5.17. The van der Waals surface area contributed by atoms with Gasteiger partial charge in [0.25, 0.3) is 0 Å². The summed E-state index contributed by atoms with van der Waals surface area (Å²) in [5.41, 5.74) is 2.29. The van der Waals surface area contributed by atoms with Crippen molar-refractivity contribution in [2.45, 2.75) is 6.54 Å². The normalized spacial score (nSPS) is 10.0. The number of hydrogen-bond acceptors (Lipinski definition) is 2. The topological polar surface area (TPSA) is 27.0 Å². The molecule has 0 heterocycles. The van der Waals surface area contributed by atoms with Gasteiger partial charge in [-0.3, -0.25) is 0 Å². The Kier molecular flexibility index (Phi) is 4.18. The Morgan fingerprint density at radius 3 is 2.74 bits per heavy atom. The van der Waals surface area contributed by atoms with E-state index in [1.807, 2.05) is 30.1 Å². The third-order valence-electron chi connectivity index (χ3n) is 2.80. The lowest BCUT2D eigenvalue weighted by atomic mass is 10.1. The molecule has 0 fully saturated rings. The molecule has 0 bridgehead atoms. The second kappa shape index (κ2) is 5.85. The van der Waals surface area contributed by atoms with Gasteiger partial charge in [-0.1, -0.05) is 28.1 Å². The summed E-state index contributed by atoms with van der Waals surface area (Å²) in [4.78, 5) is 1.93. The molecule has 2 nitrogen and oxygen atoms in total. The molecule has 2 aromatic carbocycles. The maximum Gasteiger partial charge on any atom is 0.123 e. The van der Waals surface area contributed by atoms with Crippen LogP contribution in [0.15, 0.2) is 46.9 Å². The molecule has 2 aromatic rings. The lowest BCUT2D eigenvalue weighted by molar-refractivity contribution is 0.625. The van der Waals surface area contributed by atoms with Crippen LogP contribution in [0.3, 0.4) is 0 Å². The lowest BCUT2D eigenvalue weighted by Gasteiger charge is -2.20. The molecular weight excluding hydrogens is 307 g/mol. The standard InChI is InChI=1S/C15H12BrFN2/c1-19(10-11-3-2-4-14(17)7-11)15-6-5-13(16)8-12(15)9-18/h2-8H,10H2,1H3. The summed E-state index contributed by atoms with van der Waals surface area (Å²) in [6.45, 7) is 0.550. The maximum absolute atomic E-state index is 13.1. The van der Waals surface area contributed by atoms with Gasteiger partial charge in [-0.25, -0.2) is 4.39 Å². The van der Waals surface area contributed by atoms with Gasteiger partial charge < -0.3 is 4.90 Å². The highest BCUT2D eigenvalue weighted by Crippen LogP contribution is 2.24. The molecule has 0 aliphatic carbocycles. The predicted molar refractivity (Wildman–Crippen MR) is 77.4 cm³/mol. The highest BCUT2D eigenvalue weighted by Gasteiger charge is 2.08.